The van der Waals surface area contributed by atoms with E-state index in [-0.39, 0.29) is 0 Å². The molecular weight excluding hydrogens is 292 g/mol. The van der Waals surface area contributed by atoms with E-state index in [1.54, 1.807) is 0 Å². The lowest BCUT2D eigenvalue weighted by molar-refractivity contribution is 0.942. The number of para-hydroxylation sites is 2. The molecule has 3 aromatic carbocycles. The summed E-state index contributed by atoms with van der Waals surface area (Å²) in [5.41, 5.74) is 18.9. The summed E-state index contributed by atoms with van der Waals surface area (Å²) in [5, 5.41) is 0. The Bertz CT molecular complexity index is 723. The van der Waals surface area contributed by atoms with Gasteiger partial charge in [0.1, 0.15) is 0 Å². The SMILES string of the molecule is Nc1ccccc1CCc1ccc(CCc2ccccc2N)cc1. The summed E-state index contributed by atoms with van der Waals surface area (Å²) in [5.74, 6) is 0. The molecule has 0 aromatic heterocycles. The first-order valence-corrected chi connectivity index (χ1v) is 8.47. The molecule has 0 spiro atoms. The lowest BCUT2D eigenvalue weighted by Crippen LogP contribution is -1.98. The maximum atomic E-state index is 6.01. The highest BCUT2D eigenvalue weighted by atomic mass is 14.6. The minimum atomic E-state index is 0.884. The van der Waals surface area contributed by atoms with Gasteiger partial charge in [-0.25, -0.2) is 0 Å². The average Bonchev–Trinajstić information content (AvgIpc) is 2.61. The highest BCUT2D eigenvalue weighted by molar-refractivity contribution is 5.47. The van der Waals surface area contributed by atoms with E-state index in [0.717, 1.165) is 37.1 Å². The van der Waals surface area contributed by atoms with Crippen molar-refractivity contribution >= 4 is 11.4 Å². The number of hydrogen-bond donors (Lipinski definition) is 2. The second-order valence-corrected chi connectivity index (χ2v) is 6.21. The van der Waals surface area contributed by atoms with Gasteiger partial charge < -0.3 is 11.5 Å². The van der Waals surface area contributed by atoms with Crippen LogP contribution in [0, 0.1) is 0 Å². The fourth-order valence-corrected chi connectivity index (χ4v) is 2.95. The minimum absolute atomic E-state index is 0.884. The zero-order valence-corrected chi connectivity index (χ0v) is 13.9. The number of nitrogens with two attached hydrogens (primary N) is 2. The number of aryl methyl sites for hydroxylation is 4. The van der Waals surface area contributed by atoms with E-state index in [1.807, 2.05) is 36.4 Å². The van der Waals surface area contributed by atoms with E-state index < -0.39 is 0 Å². The van der Waals surface area contributed by atoms with Crippen LogP contribution in [0.25, 0.3) is 0 Å². The lowest BCUT2D eigenvalue weighted by Gasteiger charge is -2.08. The van der Waals surface area contributed by atoms with Crippen LogP contribution in [-0.2, 0) is 25.7 Å². The molecule has 0 saturated carbocycles. The average molecular weight is 316 g/mol. The van der Waals surface area contributed by atoms with Crippen LogP contribution in [0.3, 0.4) is 0 Å². The Hall–Kier alpha value is -2.74. The quantitative estimate of drug-likeness (QED) is 0.661. The molecule has 0 bridgehead atoms. The van der Waals surface area contributed by atoms with E-state index in [1.165, 1.54) is 22.3 Å². The first-order valence-electron chi connectivity index (χ1n) is 8.47. The Morgan fingerprint density at radius 1 is 0.458 bits per heavy atom. The van der Waals surface area contributed by atoms with Crippen molar-refractivity contribution in [3.63, 3.8) is 0 Å². The van der Waals surface area contributed by atoms with E-state index in [4.69, 9.17) is 11.5 Å². The number of benzene rings is 3. The van der Waals surface area contributed by atoms with Crippen LogP contribution >= 0.6 is 0 Å². The summed E-state index contributed by atoms with van der Waals surface area (Å²) >= 11 is 0. The fraction of sp³-hybridized carbons (Fsp3) is 0.182. The molecule has 4 N–H and O–H groups in total. The van der Waals surface area contributed by atoms with Gasteiger partial charge in [-0.1, -0.05) is 60.7 Å². The molecule has 0 radical (unpaired) electrons. The van der Waals surface area contributed by atoms with Crippen molar-refractivity contribution in [2.24, 2.45) is 0 Å². The van der Waals surface area contributed by atoms with Crippen molar-refractivity contribution in [3.8, 4) is 0 Å². The maximum Gasteiger partial charge on any atom is 0.0346 e. The molecule has 0 saturated heterocycles. The molecule has 122 valence electrons. The van der Waals surface area contributed by atoms with Gasteiger partial charge >= 0.3 is 0 Å². The summed E-state index contributed by atoms with van der Waals surface area (Å²) in [4.78, 5) is 0. The lowest BCUT2D eigenvalue weighted by atomic mass is 9.99. The van der Waals surface area contributed by atoms with E-state index in [9.17, 15) is 0 Å². The van der Waals surface area contributed by atoms with Gasteiger partial charge in [-0.2, -0.15) is 0 Å². The second kappa shape index (κ2) is 7.69. The van der Waals surface area contributed by atoms with Crippen LogP contribution < -0.4 is 11.5 Å². The summed E-state index contributed by atoms with van der Waals surface area (Å²) in [6, 6.07) is 25.1. The van der Waals surface area contributed by atoms with Gasteiger partial charge in [0.05, 0.1) is 0 Å². The van der Waals surface area contributed by atoms with Crippen LogP contribution in [0.15, 0.2) is 72.8 Å². The molecule has 0 heterocycles. The van der Waals surface area contributed by atoms with E-state index in [2.05, 4.69) is 36.4 Å². The summed E-state index contributed by atoms with van der Waals surface area (Å²) in [7, 11) is 0. The largest absolute Gasteiger partial charge is 0.399 e. The van der Waals surface area contributed by atoms with Gasteiger partial charge in [0, 0.05) is 11.4 Å². The molecule has 0 unspecified atom stereocenters. The molecule has 3 rings (SSSR count). The Morgan fingerprint density at radius 2 is 0.833 bits per heavy atom. The predicted molar refractivity (Wildman–Crippen MR) is 103 cm³/mol. The van der Waals surface area contributed by atoms with Crippen LogP contribution in [-0.4, -0.2) is 0 Å². The van der Waals surface area contributed by atoms with Crippen molar-refractivity contribution in [1.82, 2.24) is 0 Å². The third-order valence-electron chi connectivity index (χ3n) is 4.50. The zero-order chi connectivity index (χ0) is 16.8. The molecule has 0 amide bonds. The number of rotatable bonds is 6. The topological polar surface area (TPSA) is 52.0 Å². The maximum absolute atomic E-state index is 6.01. The van der Waals surface area contributed by atoms with Crippen molar-refractivity contribution in [1.29, 1.82) is 0 Å². The van der Waals surface area contributed by atoms with Crippen LogP contribution in [0.4, 0.5) is 11.4 Å². The van der Waals surface area contributed by atoms with Gasteiger partial charge in [0.25, 0.3) is 0 Å². The minimum Gasteiger partial charge on any atom is -0.399 e. The third kappa shape index (κ3) is 4.17. The predicted octanol–water partition coefficient (Wildman–Crippen LogP) is 4.42. The molecule has 0 aliphatic carbocycles. The molecule has 3 aromatic rings. The van der Waals surface area contributed by atoms with Gasteiger partial charge in [0.15, 0.2) is 0 Å². The van der Waals surface area contributed by atoms with Crippen molar-refractivity contribution in [3.05, 3.63) is 95.1 Å². The van der Waals surface area contributed by atoms with Gasteiger partial charge in [-0.15, -0.1) is 0 Å². The summed E-state index contributed by atoms with van der Waals surface area (Å²) in [6.45, 7) is 0. The van der Waals surface area contributed by atoms with Crippen molar-refractivity contribution < 1.29 is 0 Å². The Balaban J connectivity index is 1.55. The van der Waals surface area contributed by atoms with E-state index in [0.29, 0.717) is 0 Å². The summed E-state index contributed by atoms with van der Waals surface area (Å²) in [6.07, 6.45) is 3.99. The number of nitrogen functional groups attached to an aromatic ring is 2. The molecular formula is C22H24N2. The van der Waals surface area contributed by atoms with Crippen LogP contribution in [0.1, 0.15) is 22.3 Å². The van der Waals surface area contributed by atoms with Crippen molar-refractivity contribution in [2.75, 3.05) is 11.5 Å². The normalized spacial score (nSPS) is 10.7. The smallest absolute Gasteiger partial charge is 0.0346 e. The second-order valence-electron chi connectivity index (χ2n) is 6.21. The standard InChI is InChI=1S/C22H24N2/c23-21-7-3-1-5-19(21)15-13-17-9-11-18(12-10-17)14-16-20-6-2-4-8-22(20)24/h1-12H,13-16,23-24H2. The highest BCUT2D eigenvalue weighted by Crippen LogP contribution is 2.16. The Kier molecular flexibility index (Phi) is 5.17. The van der Waals surface area contributed by atoms with Crippen molar-refractivity contribution in [2.45, 2.75) is 25.7 Å². The molecule has 0 aliphatic rings. The van der Waals surface area contributed by atoms with Crippen LogP contribution in [0.2, 0.25) is 0 Å². The Labute approximate surface area is 144 Å². The molecule has 0 fully saturated rings. The van der Waals surface area contributed by atoms with Gasteiger partial charge in [0.2, 0.25) is 0 Å². The molecule has 2 nitrogen and oxygen atoms in total. The summed E-state index contributed by atoms with van der Waals surface area (Å²) < 4.78 is 0. The number of anilines is 2. The highest BCUT2D eigenvalue weighted by Gasteiger charge is 2.02. The zero-order valence-electron chi connectivity index (χ0n) is 13.9. The monoisotopic (exact) mass is 316 g/mol. The molecule has 24 heavy (non-hydrogen) atoms. The third-order valence-corrected chi connectivity index (χ3v) is 4.50. The van der Waals surface area contributed by atoms with Crippen LogP contribution in [0.5, 0.6) is 0 Å². The first kappa shape index (κ1) is 16.1. The fourth-order valence-electron chi connectivity index (χ4n) is 2.95. The van der Waals surface area contributed by atoms with E-state index >= 15 is 0 Å². The Morgan fingerprint density at radius 3 is 1.21 bits per heavy atom. The molecule has 0 aliphatic heterocycles. The number of hydrogen-bond acceptors (Lipinski definition) is 2. The van der Waals surface area contributed by atoms with Gasteiger partial charge in [-0.3, -0.25) is 0 Å². The molecule has 2 heteroatoms. The first-order chi connectivity index (χ1) is 11.7. The van der Waals surface area contributed by atoms with Gasteiger partial charge in [-0.05, 0) is 60.1 Å². The molecule has 0 atom stereocenters.